The van der Waals surface area contributed by atoms with Crippen LogP contribution in [0.4, 0.5) is 5.82 Å². The summed E-state index contributed by atoms with van der Waals surface area (Å²) in [7, 11) is 0. The SMILES string of the molecule is CC1=Nc2c(c(=O)[nH]n2[C@@H]2CCOC(C)(C)C2)[C@H](c2ccc3nccnc3c2)S1. The number of aromatic amines is 1. The minimum Gasteiger partial charge on any atom is -0.375 e. The van der Waals surface area contributed by atoms with E-state index in [1.165, 1.54) is 0 Å². The number of thioether (sulfide) groups is 1. The van der Waals surface area contributed by atoms with Crippen molar-refractivity contribution in [1.29, 1.82) is 0 Å². The highest BCUT2D eigenvalue weighted by Gasteiger charge is 2.35. The maximum Gasteiger partial charge on any atom is 0.271 e. The molecule has 0 unspecified atom stereocenters. The Morgan fingerprint density at radius 1 is 1.24 bits per heavy atom. The molecule has 4 heterocycles. The molecule has 2 aliphatic rings. The van der Waals surface area contributed by atoms with Gasteiger partial charge in [-0.15, -0.1) is 0 Å². The lowest BCUT2D eigenvalue weighted by Crippen LogP contribution is -2.35. The van der Waals surface area contributed by atoms with Crippen molar-refractivity contribution < 1.29 is 4.74 Å². The summed E-state index contributed by atoms with van der Waals surface area (Å²) in [6, 6.07) is 6.19. The highest BCUT2D eigenvalue weighted by atomic mass is 32.2. The second kappa shape index (κ2) is 6.81. The fourth-order valence-electron chi connectivity index (χ4n) is 4.27. The molecule has 5 rings (SSSR count). The van der Waals surface area contributed by atoms with Gasteiger partial charge >= 0.3 is 0 Å². The zero-order chi connectivity index (χ0) is 20.2. The van der Waals surface area contributed by atoms with Crippen LogP contribution < -0.4 is 5.56 Å². The molecule has 1 fully saturated rings. The number of aromatic nitrogens is 4. The molecule has 2 aliphatic heterocycles. The van der Waals surface area contributed by atoms with Crippen LogP contribution in [0.5, 0.6) is 0 Å². The zero-order valence-electron chi connectivity index (χ0n) is 16.7. The number of hydrogen-bond donors (Lipinski definition) is 1. The largest absolute Gasteiger partial charge is 0.375 e. The number of rotatable bonds is 2. The minimum absolute atomic E-state index is 0.0720. The summed E-state index contributed by atoms with van der Waals surface area (Å²) < 4.78 is 7.83. The van der Waals surface area contributed by atoms with E-state index in [4.69, 9.17) is 9.73 Å². The lowest BCUT2D eigenvalue weighted by atomic mass is 9.94. The molecule has 3 aromatic rings. The molecule has 8 heteroatoms. The molecular formula is C21H23N5O2S. The van der Waals surface area contributed by atoms with E-state index in [1.807, 2.05) is 29.8 Å². The molecule has 150 valence electrons. The van der Waals surface area contributed by atoms with Crippen LogP contribution in [0, 0.1) is 0 Å². The van der Waals surface area contributed by atoms with Crippen molar-refractivity contribution >= 4 is 33.7 Å². The molecule has 0 saturated carbocycles. The highest BCUT2D eigenvalue weighted by Crippen LogP contribution is 2.45. The van der Waals surface area contributed by atoms with Crippen molar-refractivity contribution in [2.75, 3.05) is 6.61 Å². The summed E-state index contributed by atoms with van der Waals surface area (Å²) in [4.78, 5) is 26.6. The molecule has 0 amide bonds. The van der Waals surface area contributed by atoms with Gasteiger partial charge in [0.15, 0.2) is 5.82 Å². The van der Waals surface area contributed by atoms with E-state index in [0.717, 1.165) is 40.3 Å². The molecule has 0 radical (unpaired) electrons. The summed E-state index contributed by atoms with van der Waals surface area (Å²) in [5, 5.41) is 3.90. The van der Waals surface area contributed by atoms with Gasteiger partial charge in [0.2, 0.25) is 0 Å². The van der Waals surface area contributed by atoms with Crippen LogP contribution in [0.1, 0.15) is 56.0 Å². The molecule has 7 nitrogen and oxygen atoms in total. The molecular weight excluding hydrogens is 386 g/mol. The van der Waals surface area contributed by atoms with Crippen molar-refractivity contribution in [1.82, 2.24) is 19.7 Å². The van der Waals surface area contributed by atoms with Gasteiger partial charge in [-0.2, -0.15) is 0 Å². The number of hydrogen-bond acceptors (Lipinski definition) is 6. The van der Waals surface area contributed by atoms with Gasteiger partial charge in [-0.1, -0.05) is 17.8 Å². The Bertz CT molecular complexity index is 1180. The quantitative estimate of drug-likeness (QED) is 0.688. The molecule has 1 N–H and O–H groups in total. The summed E-state index contributed by atoms with van der Waals surface area (Å²) in [5.41, 5.74) is 3.14. The van der Waals surface area contributed by atoms with E-state index in [2.05, 4.69) is 28.9 Å². The van der Waals surface area contributed by atoms with Crippen LogP contribution in [-0.2, 0) is 4.74 Å². The Labute approximate surface area is 172 Å². The zero-order valence-corrected chi connectivity index (χ0v) is 17.5. The standard InChI is InChI=1S/C21H23N5O2S/c1-12-24-19-17(20(27)25-26(19)14-6-9-28-21(2,3)11-14)18(29-12)13-4-5-15-16(10-13)23-8-7-22-15/h4-5,7-8,10,14,18H,6,9,11H2,1-3H3,(H,25,27)/t14-,18+/m1/s1. The van der Waals surface area contributed by atoms with Crippen LogP contribution in [0.25, 0.3) is 11.0 Å². The van der Waals surface area contributed by atoms with Crippen LogP contribution in [0.2, 0.25) is 0 Å². The van der Waals surface area contributed by atoms with E-state index in [0.29, 0.717) is 12.2 Å². The van der Waals surface area contributed by atoms with Gasteiger partial charge in [0.25, 0.3) is 5.56 Å². The number of nitrogens with zero attached hydrogens (tertiary/aromatic N) is 4. The first-order valence-electron chi connectivity index (χ1n) is 9.82. The van der Waals surface area contributed by atoms with Gasteiger partial charge in [0.05, 0.1) is 38.5 Å². The highest BCUT2D eigenvalue weighted by molar-refractivity contribution is 8.14. The van der Waals surface area contributed by atoms with E-state index >= 15 is 0 Å². The average molecular weight is 410 g/mol. The number of H-pyrrole nitrogens is 1. The molecule has 2 atom stereocenters. The maximum atomic E-state index is 13.0. The van der Waals surface area contributed by atoms with Gasteiger partial charge in [-0.3, -0.25) is 24.5 Å². The van der Waals surface area contributed by atoms with Gasteiger partial charge in [0, 0.05) is 19.0 Å². The number of nitrogens with one attached hydrogen (secondary N) is 1. The molecule has 0 aliphatic carbocycles. The van der Waals surface area contributed by atoms with Gasteiger partial charge in [0.1, 0.15) is 0 Å². The van der Waals surface area contributed by atoms with E-state index in [9.17, 15) is 4.79 Å². The maximum absolute atomic E-state index is 13.0. The Morgan fingerprint density at radius 3 is 2.83 bits per heavy atom. The second-order valence-electron chi connectivity index (χ2n) is 8.24. The third-order valence-corrected chi connectivity index (χ3v) is 6.76. The monoisotopic (exact) mass is 409 g/mol. The van der Waals surface area contributed by atoms with Crippen LogP contribution >= 0.6 is 11.8 Å². The Balaban J connectivity index is 1.61. The van der Waals surface area contributed by atoms with Crippen molar-refractivity contribution in [3.63, 3.8) is 0 Å². The Hall–Kier alpha value is -2.45. The van der Waals surface area contributed by atoms with Crippen LogP contribution in [0.3, 0.4) is 0 Å². The van der Waals surface area contributed by atoms with E-state index < -0.39 is 0 Å². The predicted octanol–water partition coefficient (Wildman–Crippen LogP) is 4.14. The van der Waals surface area contributed by atoms with Gasteiger partial charge in [-0.25, -0.2) is 4.99 Å². The Morgan fingerprint density at radius 2 is 2.03 bits per heavy atom. The first-order valence-corrected chi connectivity index (χ1v) is 10.7. The van der Waals surface area contributed by atoms with Gasteiger partial charge in [-0.05, 0) is 51.3 Å². The third-order valence-electron chi connectivity index (χ3n) is 5.58. The first kappa shape index (κ1) is 18.6. The first-order chi connectivity index (χ1) is 13.9. The van der Waals surface area contributed by atoms with Crippen molar-refractivity contribution in [3.8, 4) is 0 Å². The lowest BCUT2D eigenvalue weighted by molar-refractivity contribution is -0.0705. The molecule has 0 spiro atoms. The van der Waals surface area contributed by atoms with Gasteiger partial charge < -0.3 is 4.74 Å². The molecule has 1 aromatic carbocycles. The number of ether oxygens (including phenoxy) is 1. The lowest BCUT2D eigenvalue weighted by Gasteiger charge is -2.36. The van der Waals surface area contributed by atoms with Crippen molar-refractivity contribution in [2.24, 2.45) is 4.99 Å². The summed E-state index contributed by atoms with van der Waals surface area (Å²) in [6.45, 7) is 6.86. The van der Waals surface area contributed by atoms with Crippen LogP contribution in [-0.4, -0.2) is 37.0 Å². The fourth-order valence-corrected chi connectivity index (χ4v) is 5.36. The smallest absolute Gasteiger partial charge is 0.271 e. The van der Waals surface area contributed by atoms with Crippen molar-refractivity contribution in [2.45, 2.75) is 50.5 Å². The minimum atomic E-state index is -0.213. The van der Waals surface area contributed by atoms with E-state index in [-0.39, 0.29) is 22.5 Å². The molecule has 1 saturated heterocycles. The third kappa shape index (κ3) is 3.30. The molecule has 2 aromatic heterocycles. The number of benzene rings is 1. The normalized spacial score (nSPS) is 23.6. The topological polar surface area (TPSA) is 85.2 Å². The fraction of sp³-hybridized carbons (Fsp3) is 0.429. The Kier molecular flexibility index (Phi) is 4.36. The van der Waals surface area contributed by atoms with E-state index in [1.54, 1.807) is 24.2 Å². The average Bonchev–Trinajstić information content (AvgIpc) is 3.02. The summed E-state index contributed by atoms with van der Waals surface area (Å²) in [6.07, 6.45) is 5.07. The molecule has 29 heavy (non-hydrogen) atoms. The number of fused-ring (bicyclic) bond motifs is 2. The second-order valence-corrected chi connectivity index (χ2v) is 9.53. The predicted molar refractivity (Wildman–Crippen MR) is 115 cm³/mol. The number of aliphatic imine (C=N–C) groups is 1. The molecule has 0 bridgehead atoms. The van der Waals surface area contributed by atoms with Crippen LogP contribution in [0.15, 0.2) is 40.4 Å². The van der Waals surface area contributed by atoms with Crippen molar-refractivity contribution in [3.05, 3.63) is 52.1 Å². The summed E-state index contributed by atoms with van der Waals surface area (Å²) >= 11 is 1.61. The summed E-state index contributed by atoms with van der Waals surface area (Å²) in [5.74, 6) is 0.748.